The molecule has 0 spiro atoms. The fourth-order valence-corrected chi connectivity index (χ4v) is 3.53. The Labute approximate surface area is 106 Å². The summed E-state index contributed by atoms with van der Waals surface area (Å²) in [5.74, 6) is 0.891. The van der Waals surface area contributed by atoms with Crippen LogP contribution in [0.15, 0.2) is 22.7 Å². The molecule has 0 radical (unpaired) electrons. The van der Waals surface area contributed by atoms with Gasteiger partial charge in [-0.15, -0.1) is 0 Å². The van der Waals surface area contributed by atoms with Gasteiger partial charge in [-0.2, -0.15) is 0 Å². The Hall–Kier alpha value is -0.340. The summed E-state index contributed by atoms with van der Waals surface area (Å²) in [7, 11) is 0. The third-order valence-electron chi connectivity index (χ3n) is 3.99. The van der Waals surface area contributed by atoms with E-state index in [0.717, 1.165) is 5.92 Å². The van der Waals surface area contributed by atoms with Crippen LogP contribution in [0.2, 0.25) is 0 Å². The van der Waals surface area contributed by atoms with Crippen LogP contribution in [-0.4, -0.2) is 24.5 Å². The predicted octanol–water partition coefficient (Wildman–Crippen LogP) is 3.26. The quantitative estimate of drug-likeness (QED) is 0.803. The van der Waals surface area contributed by atoms with Crippen molar-refractivity contribution < 1.29 is 0 Å². The van der Waals surface area contributed by atoms with Crippen molar-refractivity contribution in [2.45, 2.75) is 25.7 Å². The summed E-state index contributed by atoms with van der Waals surface area (Å²) in [6.07, 6.45) is 5.32. The Morgan fingerprint density at radius 3 is 2.94 bits per heavy atom. The van der Waals surface area contributed by atoms with Crippen molar-refractivity contribution in [3.8, 4) is 0 Å². The zero-order valence-corrected chi connectivity index (χ0v) is 11.2. The molecular formula is C14H18BrN. The van der Waals surface area contributed by atoms with E-state index in [9.17, 15) is 0 Å². The van der Waals surface area contributed by atoms with Crippen LogP contribution in [0.1, 0.15) is 24.0 Å². The highest BCUT2D eigenvalue weighted by atomic mass is 79.9. The minimum Gasteiger partial charge on any atom is -0.303 e. The molecule has 2 heteroatoms. The van der Waals surface area contributed by atoms with Crippen LogP contribution in [0.5, 0.6) is 0 Å². The number of nitrogens with zero attached hydrogens (tertiary/aromatic N) is 1. The Morgan fingerprint density at radius 1 is 1.31 bits per heavy atom. The number of hydrogen-bond acceptors (Lipinski definition) is 1. The molecule has 1 atom stereocenters. The monoisotopic (exact) mass is 279 g/mol. The summed E-state index contributed by atoms with van der Waals surface area (Å²) in [5, 5.41) is 0. The molecule has 0 aromatic heterocycles. The molecule has 1 fully saturated rings. The maximum absolute atomic E-state index is 3.67. The largest absolute Gasteiger partial charge is 0.303 e. The fraction of sp³-hybridized carbons (Fsp3) is 0.571. The first-order valence-electron chi connectivity index (χ1n) is 6.31. The van der Waals surface area contributed by atoms with Crippen molar-refractivity contribution in [3.63, 3.8) is 0 Å². The third-order valence-corrected chi connectivity index (χ3v) is 4.74. The summed E-state index contributed by atoms with van der Waals surface area (Å²) in [4.78, 5) is 2.60. The lowest BCUT2D eigenvalue weighted by molar-refractivity contribution is 0.146. The predicted molar refractivity (Wildman–Crippen MR) is 70.7 cm³/mol. The Morgan fingerprint density at radius 2 is 2.19 bits per heavy atom. The molecule has 1 unspecified atom stereocenters. The summed E-state index contributed by atoms with van der Waals surface area (Å²) in [6, 6.07) is 6.66. The van der Waals surface area contributed by atoms with Crippen LogP contribution < -0.4 is 0 Å². The van der Waals surface area contributed by atoms with Crippen LogP contribution in [-0.2, 0) is 12.8 Å². The van der Waals surface area contributed by atoms with E-state index in [2.05, 4.69) is 39.0 Å². The molecule has 1 saturated heterocycles. The first-order chi connectivity index (χ1) is 7.83. The maximum atomic E-state index is 3.67. The highest BCUT2D eigenvalue weighted by Gasteiger charge is 2.24. The number of rotatable bonds is 2. The zero-order chi connectivity index (χ0) is 11.0. The van der Waals surface area contributed by atoms with Gasteiger partial charge in [0.05, 0.1) is 0 Å². The molecule has 0 amide bonds. The second kappa shape index (κ2) is 4.50. The lowest BCUT2D eigenvalue weighted by Gasteiger charge is -2.36. The maximum Gasteiger partial charge on any atom is 0.0210 e. The molecule has 1 aliphatic heterocycles. The van der Waals surface area contributed by atoms with E-state index >= 15 is 0 Å². The van der Waals surface area contributed by atoms with Gasteiger partial charge in [-0.05, 0) is 61.9 Å². The van der Waals surface area contributed by atoms with Crippen molar-refractivity contribution in [3.05, 3.63) is 33.8 Å². The van der Waals surface area contributed by atoms with E-state index in [4.69, 9.17) is 0 Å². The lowest BCUT2D eigenvalue weighted by atomic mass is 9.83. The molecular weight excluding hydrogens is 262 g/mol. The van der Waals surface area contributed by atoms with Gasteiger partial charge in [-0.25, -0.2) is 0 Å². The number of likely N-dealkylation sites (tertiary alicyclic amines) is 1. The van der Waals surface area contributed by atoms with E-state index in [1.165, 1.54) is 49.8 Å². The molecule has 1 nitrogen and oxygen atoms in total. The highest BCUT2D eigenvalue weighted by molar-refractivity contribution is 9.10. The van der Waals surface area contributed by atoms with Gasteiger partial charge in [0, 0.05) is 11.0 Å². The van der Waals surface area contributed by atoms with Crippen LogP contribution in [0, 0.1) is 5.92 Å². The van der Waals surface area contributed by atoms with Crippen molar-refractivity contribution in [1.29, 1.82) is 0 Å². The van der Waals surface area contributed by atoms with Crippen LogP contribution >= 0.6 is 15.9 Å². The molecule has 2 aliphatic rings. The van der Waals surface area contributed by atoms with Gasteiger partial charge < -0.3 is 4.90 Å². The zero-order valence-electron chi connectivity index (χ0n) is 9.58. The molecule has 1 heterocycles. The first kappa shape index (κ1) is 10.8. The van der Waals surface area contributed by atoms with Gasteiger partial charge in [0.1, 0.15) is 0 Å². The highest BCUT2D eigenvalue weighted by Crippen LogP contribution is 2.31. The van der Waals surface area contributed by atoms with Gasteiger partial charge in [0.2, 0.25) is 0 Å². The fourth-order valence-electron chi connectivity index (χ4n) is 2.92. The summed E-state index contributed by atoms with van der Waals surface area (Å²) < 4.78 is 1.31. The second-order valence-electron chi connectivity index (χ2n) is 5.14. The van der Waals surface area contributed by atoms with E-state index < -0.39 is 0 Å². The molecule has 3 rings (SSSR count). The number of halogens is 1. The van der Waals surface area contributed by atoms with Gasteiger partial charge in [0.15, 0.2) is 0 Å². The second-order valence-corrected chi connectivity index (χ2v) is 5.99. The van der Waals surface area contributed by atoms with Crippen LogP contribution in [0.25, 0.3) is 0 Å². The molecule has 1 aliphatic carbocycles. The normalized spacial score (nSPS) is 24.9. The Balaban J connectivity index is 1.70. The number of fused-ring (bicyclic) bond motifs is 1. The van der Waals surface area contributed by atoms with Gasteiger partial charge >= 0.3 is 0 Å². The molecule has 1 aromatic carbocycles. The lowest BCUT2D eigenvalue weighted by Crippen LogP contribution is -2.41. The minimum absolute atomic E-state index is 0.891. The van der Waals surface area contributed by atoms with Crippen LogP contribution in [0.3, 0.4) is 0 Å². The molecule has 16 heavy (non-hydrogen) atoms. The topological polar surface area (TPSA) is 3.24 Å². The first-order valence-corrected chi connectivity index (χ1v) is 7.11. The Bertz CT molecular complexity index is 384. The smallest absolute Gasteiger partial charge is 0.0210 e. The van der Waals surface area contributed by atoms with Crippen molar-refractivity contribution in [1.82, 2.24) is 4.90 Å². The minimum atomic E-state index is 0.891. The Kier molecular flexibility index (Phi) is 3.03. The van der Waals surface area contributed by atoms with Gasteiger partial charge in [-0.3, -0.25) is 0 Å². The summed E-state index contributed by atoms with van der Waals surface area (Å²) in [6.45, 7) is 4.00. The molecule has 86 valence electrons. The van der Waals surface area contributed by atoms with Crippen LogP contribution in [0.4, 0.5) is 0 Å². The average molecular weight is 280 g/mol. The van der Waals surface area contributed by atoms with Crippen molar-refractivity contribution in [2.75, 3.05) is 19.6 Å². The van der Waals surface area contributed by atoms with Crippen molar-refractivity contribution >= 4 is 15.9 Å². The van der Waals surface area contributed by atoms with Gasteiger partial charge in [-0.1, -0.05) is 28.1 Å². The number of benzene rings is 1. The van der Waals surface area contributed by atoms with Crippen molar-refractivity contribution in [2.24, 2.45) is 5.92 Å². The summed E-state index contributed by atoms with van der Waals surface area (Å²) in [5.41, 5.74) is 3.13. The van der Waals surface area contributed by atoms with E-state index in [-0.39, 0.29) is 0 Å². The molecule has 0 bridgehead atoms. The molecule has 0 N–H and O–H groups in total. The van der Waals surface area contributed by atoms with E-state index in [0.29, 0.717) is 0 Å². The standard InChI is InChI=1S/C14H18BrN/c15-14-4-1-3-12-9-11(5-6-13(12)14)10-16-7-2-8-16/h1,3-4,11H,2,5-10H2. The summed E-state index contributed by atoms with van der Waals surface area (Å²) >= 11 is 3.67. The van der Waals surface area contributed by atoms with E-state index in [1.54, 1.807) is 11.1 Å². The van der Waals surface area contributed by atoms with E-state index in [1.807, 2.05) is 0 Å². The number of hydrogen-bond donors (Lipinski definition) is 0. The molecule has 0 saturated carbocycles. The third kappa shape index (κ3) is 2.05. The SMILES string of the molecule is Brc1cccc2c1CCC(CN1CCC1)C2. The average Bonchev–Trinajstić information content (AvgIpc) is 2.24. The van der Waals surface area contributed by atoms with Gasteiger partial charge in [0.25, 0.3) is 0 Å². The molecule has 1 aromatic rings.